The number of aromatic nitrogens is 2. The van der Waals surface area contributed by atoms with Crippen molar-refractivity contribution in [2.45, 2.75) is 52.9 Å². The molecule has 1 aromatic carbocycles. The van der Waals surface area contributed by atoms with Crippen molar-refractivity contribution in [1.82, 2.24) is 9.78 Å². The molecule has 11 heteroatoms. The molecule has 0 atom stereocenters. The summed E-state index contributed by atoms with van der Waals surface area (Å²) in [5.41, 5.74) is 17.1. The molecular weight excluding hydrogens is 538 g/mol. The van der Waals surface area contributed by atoms with E-state index in [1.54, 1.807) is 6.07 Å². The zero-order valence-corrected chi connectivity index (χ0v) is 25.8. The van der Waals surface area contributed by atoms with Crippen LogP contribution in [0.2, 0.25) is 0 Å². The van der Waals surface area contributed by atoms with Gasteiger partial charge in [0.15, 0.2) is 0 Å². The van der Waals surface area contributed by atoms with E-state index in [0.717, 1.165) is 43.5 Å². The van der Waals surface area contributed by atoms with Crippen LogP contribution in [-0.4, -0.2) is 94.8 Å². The topological polar surface area (TPSA) is 145 Å². The molecule has 1 aliphatic carbocycles. The van der Waals surface area contributed by atoms with Gasteiger partial charge in [-0.3, -0.25) is 4.79 Å². The molecule has 1 heterocycles. The number of fused-ring (bicyclic) bond motifs is 1. The van der Waals surface area contributed by atoms with Crippen molar-refractivity contribution in [3.05, 3.63) is 40.7 Å². The van der Waals surface area contributed by atoms with E-state index >= 15 is 0 Å². The highest BCUT2D eigenvalue weighted by Crippen LogP contribution is 2.37. The van der Waals surface area contributed by atoms with Crippen molar-refractivity contribution in [3.8, 4) is 5.69 Å². The molecule has 42 heavy (non-hydrogen) atoms. The third-order valence-corrected chi connectivity index (χ3v) is 7.26. The minimum absolute atomic E-state index is 0.236. The van der Waals surface area contributed by atoms with Gasteiger partial charge >= 0.3 is 0 Å². The van der Waals surface area contributed by atoms with Gasteiger partial charge in [-0.15, -0.1) is 0 Å². The molecule has 3 rings (SSSR count). The van der Waals surface area contributed by atoms with Crippen LogP contribution in [0.1, 0.15) is 60.4 Å². The molecular formula is C31H51N5O6. The first-order valence-corrected chi connectivity index (χ1v) is 15.2. The molecule has 0 saturated carbocycles. The Balaban J connectivity index is 1.29. The summed E-state index contributed by atoms with van der Waals surface area (Å²) in [6.45, 7) is 13.4. The molecule has 236 valence electrons. The van der Waals surface area contributed by atoms with Crippen LogP contribution in [0.5, 0.6) is 0 Å². The van der Waals surface area contributed by atoms with Crippen LogP contribution < -0.4 is 16.8 Å². The Morgan fingerprint density at radius 1 is 0.929 bits per heavy atom. The normalized spacial score (nSPS) is 14.2. The smallest absolute Gasteiger partial charge is 0.250 e. The minimum atomic E-state index is -0.461. The number of anilines is 1. The lowest BCUT2D eigenvalue weighted by atomic mass is 9.76. The number of nitrogens with zero attached hydrogens (tertiary/aromatic N) is 2. The number of rotatable bonds is 22. The highest BCUT2D eigenvalue weighted by molar-refractivity contribution is 5.98. The van der Waals surface area contributed by atoms with Gasteiger partial charge in [-0.25, -0.2) is 4.68 Å². The molecule has 5 N–H and O–H groups in total. The van der Waals surface area contributed by atoms with E-state index in [1.165, 1.54) is 11.3 Å². The molecule has 1 aromatic heterocycles. The summed E-state index contributed by atoms with van der Waals surface area (Å²) in [6.07, 6.45) is 4.81. The van der Waals surface area contributed by atoms with Crippen LogP contribution >= 0.6 is 0 Å². The molecule has 1 amide bonds. The highest BCUT2D eigenvalue weighted by atomic mass is 16.6. The summed E-state index contributed by atoms with van der Waals surface area (Å²) in [7, 11) is 0. The summed E-state index contributed by atoms with van der Waals surface area (Å²) in [6, 6.07) is 5.67. The monoisotopic (exact) mass is 589 g/mol. The number of nitrogens with two attached hydrogens (primary N) is 2. The summed E-state index contributed by atoms with van der Waals surface area (Å²) in [4.78, 5) is 12.1. The van der Waals surface area contributed by atoms with E-state index in [4.69, 9.17) is 40.3 Å². The lowest BCUT2D eigenvalue weighted by Gasteiger charge is -2.30. The first-order chi connectivity index (χ1) is 20.3. The highest BCUT2D eigenvalue weighted by Gasteiger charge is 2.30. The van der Waals surface area contributed by atoms with E-state index in [9.17, 15) is 4.79 Å². The quantitative estimate of drug-likeness (QED) is 0.176. The second kappa shape index (κ2) is 18.2. The molecule has 0 aliphatic heterocycles. The number of primary amides is 1. The van der Waals surface area contributed by atoms with Crippen molar-refractivity contribution in [2.75, 3.05) is 84.5 Å². The Bertz CT molecular complexity index is 1090. The number of amides is 1. The van der Waals surface area contributed by atoms with Gasteiger partial charge < -0.3 is 40.5 Å². The van der Waals surface area contributed by atoms with Gasteiger partial charge in [0.05, 0.1) is 69.8 Å². The summed E-state index contributed by atoms with van der Waals surface area (Å²) in [5.74, 6) is -0.461. The van der Waals surface area contributed by atoms with Crippen molar-refractivity contribution in [3.63, 3.8) is 0 Å². The van der Waals surface area contributed by atoms with Gasteiger partial charge in [-0.2, -0.15) is 5.10 Å². The molecule has 11 nitrogen and oxygen atoms in total. The van der Waals surface area contributed by atoms with E-state index in [-0.39, 0.29) is 5.41 Å². The number of aryl methyl sites for hydroxylation is 1. The predicted molar refractivity (Wildman–Crippen MR) is 163 cm³/mol. The van der Waals surface area contributed by atoms with E-state index in [2.05, 4.69) is 26.1 Å². The fraction of sp³-hybridized carbons (Fsp3) is 0.677. The number of carbonyl (C=O) groups is 1. The number of hydrogen-bond acceptors (Lipinski definition) is 9. The van der Waals surface area contributed by atoms with Gasteiger partial charge in [0.2, 0.25) is 0 Å². The lowest BCUT2D eigenvalue weighted by Crippen LogP contribution is -2.24. The van der Waals surface area contributed by atoms with Crippen molar-refractivity contribution in [2.24, 2.45) is 16.9 Å². The van der Waals surface area contributed by atoms with E-state index < -0.39 is 5.91 Å². The number of benzene rings is 1. The van der Waals surface area contributed by atoms with Gasteiger partial charge in [-0.05, 0) is 74.8 Å². The Kier molecular flexibility index (Phi) is 14.7. The predicted octanol–water partition coefficient (Wildman–Crippen LogP) is 3.03. The van der Waals surface area contributed by atoms with E-state index in [1.807, 2.05) is 16.8 Å². The average molecular weight is 590 g/mol. The fourth-order valence-electron chi connectivity index (χ4n) is 4.92. The maximum atomic E-state index is 12.1. The maximum Gasteiger partial charge on any atom is 0.250 e. The number of nitrogens with one attached hydrogen (secondary N) is 1. The Hall–Kier alpha value is -2.54. The Morgan fingerprint density at radius 3 is 2.07 bits per heavy atom. The number of hydrogen-bond donors (Lipinski definition) is 3. The average Bonchev–Trinajstić information content (AvgIpc) is 3.28. The van der Waals surface area contributed by atoms with Crippen molar-refractivity contribution >= 4 is 11.6 Å². The first-order valence-electron chi connectivity index (χ1n) is 15.2. The zero-order chi connectivity index (χ0) is 30.2. The molecule has 0 saturated heterocycles. The standard InChI is InChI=1S/C31H51N5O6/c1-24-26-8-9-31(2,3)23-29(26)36(35-24)25-6-7-27(30(33)37)28(22-25)34-11-5-13-39-15-17-41-19-21-42-20-18-40-16-14-38-12-4-10-32/h6-7,22,34H,4-5,8-21,23,32H2,1-3H3,(H2,33,37). The van der Waals surface area contributed by atoms with Crippen LogP contribution in [0.3, 0.4) is 0 Å². The summed E-state index contributed by atoms with van der Waals surface area (Å²) >= 11 is 0. The summed E-state index contributed by atoms with van der Waals surface area (Å²) < 4.78 is 29.5. The molecule has 2 aromatic rings. The molecule has 0 fully saturated rings. The zero-order valence-electron chi connectivity index (χ0n) is 25.8. The maximum absolute atomic E-state index is 12.1. The molecule has 0 radical (unpaired) electrons. The van der Waals surface area contributed by atoms with E-state index in [0.29, 0.717) is 90.4 Å². The fourth-order valence-corrected chi connectivity index (χ4v) is 4.92. The molecule has 1 aliphatic rings. The third-order valence-electron chi connectivity index (χ3n) is 7.26. The Labute approximate surface area is 250 Å². The van der Waals surface area contributed by atoms with Crippen LogP contribution in [-0.2, 0) is 36.5 Å². The Morgan fingerprint density at radius 2 is 1.50 bits per heavy atom. The van der Waals surface area contributed by atoms with Gasteiger partial charge in [-0.1, -0.05) is 13.8 Å². The van der Waals surface area contributed by atoms with Crippen molar-refractivity contribution < 1.29 is 28.5 Å². The second-order valence-corrected chi connectivity index (χ2v) is 11.3. The first kappa shape index (κ1) is 34.0. The SMILES string of the molecule is Cc1nn(-c2ccc(C(N)=O)c(NCCCOCCOCCOCCOCCOCCCN)c2)c2c1CCC(C)(C)C2. The number of ether oxygens (including phenoxy) is 5. The van der Waals surface area contributed by atoms with Gasteiger partial charge in [0.1, 0.15) is 0 Å². The molecule has 0 unspecified atom stereocenters. The van der Waals surface area contributed by atoms with Crippen molar-refractivity contribution in [1.29, 1.82) is 0 Å². The largest absolute Gasteiger partial charge is 0.384 e. The van der Waals surface area contributed by atoms with Crippen LogP contribution in [0, 0.1) is 12.3 Å². The summed E-state index contributed by atoms with van der Waals surface area (Å²) in [5, 5.41) is 8.22. The van der Waals surface area contributed by atoms with Gasteiger partial charge in [0, 0.05) is 31.1 Å². The molecule has 0 spiro atoms. The number of carbonyl (C=O) groups excluding carboxylic acids is 1. The van der Waals surface area contributed by atoms with Crippen LogP contribution in [0.25, 0.3) is 5.69 Å². The van der Waals surface area contributed by atoms with Crippen LogP contribution in [0.15, 0.2) is 18.2 Å². The third kappa shape index (κ3) is 11.3. The molecule has 0 bridgehead atoms. The minimum Gasteiger partial charge on any atom is -0.384 e. The second-order valence-electron chi connectivity index (χ2n) is 11.3. The van der Waals surface area contributed by atoms with Crippen LogP contribution in [0.4, 0.5) is 5.69 Å². The lowest BCUT2D eigenvalue weighted by molar-refractivity contribution is -0.0110. The van der Waals surface area contributed by atoms with Gasteiger partial charge in [0.25, 0.3) is 5.91 Å².